The summed E-state index contributed by atoms with van der Waals surface area (Å²) >= 11 is 1.61. The van der Waals surface area contributed by atoms with Gasteiger partial charge in [-0.15, -0.1) is 10.2 Å². The van der Waals surface area contributed by atoms with E-state index < -0.39 is 0 Å². The number of nitrogens with one attached hydrogen (secondary N) is 2. The third-order valence-corrected chi connectivity index (χ3v) is 6.78. The summed E-state index contributed by atoms with van der Waals surface area (Å²) in [7, 11) is 0. The number of hydrogen-bond donors (Lipinski definition) is 2. The van der Waals surface area contributed by atoms with Crippen LogP contribution >= 0.6 is 11.3 Å². The van der Waals surface area contributed by atoms with Crippen LogP contribution in [0.5, 0.6) is 0 Å². The Morgan fingerprint density at radius 2 is 2.00 bits per heavy atom. The fourth-order valence-electron chi connectivity index (χ4n) is 3.90. The highest BCUT2D eigenvalue weighted by Crippen LogP contribution is 2.37. The van der Waals surface area contributed by atoms with Crippen LogP contribution in [-0.4, -0.2) is 57.0 Å². The molecule has 2 fully saturated rings. The first-order valence-corrected chi connectivity index (χ1v) is 11.5. The normalized spacial score (nSPS) is 16.3. The topological polar surface area (TPSA) is 107 Å². The van der Waals surface area contributed by atoms with Crippen molar-refractivity contribution in [2.75, 3.05) is 36.4 Å². The zero-order valence-corrected chi connectivity index (χ0v) is 18.1. The molecule has 6 rings (SSSR count). The van der Waals surface area contributed by atoms with Crippen molar-refractivity contribution < 1.29 is 0 Å². The van der Waals surface area contributed by atoms with Crippen LogP contribution in [0.4, 0.5) is 10.8 Å². The van der Waals surface area contributed by atoms with Gasteiger partial charge in [0.25, 0.3) is 0 Å². The van der Waals surface area contributed by atoms with Gasteiger partial charge in [-0.05, 0) is 37.1 Å². The summed E-state index contributed by atoms with van der Waals surface area (Å²) in [6.45, 7) is 3.82. The van der Waals surface area contributed by atoms with Crippen molar-refractivity contribution in [2.45, 2.75) is 18.9 Å². The van der Waals surface area contributed by atoms with E-state index in [0.29, 0.717) is 11.6 Å². The summed E-state index contributed by atoms with van der Waals surface area (Å²) in [6, 6.07) is 10.5. The molecule has 32 heavy (non-hydrogen) atoms. The Kier molecular flexibility index (Phi) is 4.70. The molecular formula is C22H21N9S. The van der Waals surface area contributed by atoms with Gasteiger partial charge in [-0.2, -0.15) is 10.4 Å². The number of piperazine rings is 1. The third-order valence-electron chi connectivity index (χ3n) is 5.77. The van der Waals surface area contributed by atoms with E-state index in [4.69, 9.17) is 10.2 Å². The number of nitriles is 1. The lowest BCUT2D eigenvalue weighted by molar-refractivity contribution is 0.587. The van der Waals surface area contributed by atoms with E-state index in [0.717, 1.165) is 64.5 Å². The van der Waals surface area contributed by atoms with Crippen LogP contribution in [0, 0.1) is 11.3 Å². The number of hydrogen-bond acceptors (Lipinski definition) is 9. The molecule has 1 saturated heterocycles. The molecule has 1 aliphatic heterocycles. The van der Waals surface area contributed by atoms with E-state index in [-0.39, 0.29) is 0 Å². The van der Waals surface area contributed by atoms with E-state index in [9.17, 15) is 0 Å². The number of nitrogens with zero attached hydrogens (tertiary/aromatic N) is 7. The minimum absolute atomic E-state index is 0.491. The van der Waals surface area contributed by atoms with Crippen LogP contribution in [0.3, 0.4) is 0 Å². The highest BCUT2D eigenvalue weighted by molar-refractivity contribution is 7.18. The van der Waals surface area contributed by atoms with Crippen molar-refractivity contribution in [3.05, 3.63) is 42.2 Å². The molecule has 10 heteroatoms. The van der Waals surface area contributed by atoms with Gasteiger partial charge in [0.2, 0.25) is 5.13 Å². The summed E-state index contributed by atoms with van der Waals surface area (Å²) in [4.78, 5) is 7.03. The zero-order valence-electron chi connectivity index (χ0n) is 17.3. The van der Waals surface area contributed by atoms with Gasteiger partial charge in [0.15, 0.2) is 5.01 Å². The molecule has 0 bridgehead atoms. The van der Waals surface area contributed by atoms with Crippen molar-refractivity contribution in [2.24, 2.45) is 0 Å². The van der Waals surface area contributed by atoms with Gasteiger partial charge in [0, 0.05) is 44.1 Å². The first kappa shape index (κ1) is 19.2. The lowest BCUT2D eigenvalue weighted by Gasteiger charge is -2.26. The van der Waals surface area contributed by atoms with Crippen molar-refractivity contribution in [1.82, 2.24) is 30.1 Å². The van der Waals surface area contributed by atoms with Crippen molar-refractivity contribution in [3.63, 3.8) is 0 Å². The highest BCUT2D eigenvalue weighted by Gasteiger charge is 2.24. The minimum Gasteiger partial charge on any atom is -0.382 e. The largest absolute Gasteiger partial charge is 0.382 e. The van der Waals surface area contributed by atoms with Crippen LogP contribution in [0.15, 0.2) is 36.7 Å². The summed E-state index contributed by atoms with van der Waals surface area (Å²) in [5, 5.41) is 31.3. The number of fused-ring (bicyclic) bond motifs is 1. The molecule has 0 unspecified atom stereocenters. The average molecular weight is 444 g/mol. The fraction of sp³-hybridized carbons (Fsp3) is 0.318. The molecule has 0 atom stereocenters. The maximum Gasteiger partial charge on any atom is 0.208 e. The van der Waals surface area contributed by atoms with E-state index in [1.165, 1.54) is 12.8 Å². The predicted molar refractivity (Wildman–Crippen MR) is 124 cm³/mol. The smallest absolute Gasteiger partial charge is 0.208 e. The zero-order chi connectivity index (χ0) is 21.5. The Morgan fingerprint density at radius 1 is 1.12 bits per heavy atom. The molecule has 160 valence electrons. The average Bonchev–Trinajstić information content (AvgIpc) is 3.34. The van der Waals surface area contributed by atoms with Crippen LogP contribution in [-0.2, 0) is 0 Å². The third kappa shape index (κ3) is 3.55. The van der Waals surface area contributed by atoms with Crippen molar-refractivity contribution in [3.8, 4) is 28.0 Å². The molecule has 4 aromatic rings. The Balaban J connectivity index is 1.38. The summed E-state index contributed by atoms with van der Waals surface area (Å²) in [5.41, 5.74) is 5.10. The SMILES string of the molecule is N#Cc1cnn2c(-c3cc(NC4CC4)c(-c4nnc(N5CCNCC5)s4)cn3)ccc2c1. The molecule has 9 nitrogen and oxygen atoms in total. The van der Waals surface area contributed by atoms with Gasteiger partial charge in [-0.3, -0.25) is 4.98 Å². The van der Waals surface area contributed by atoms with Gasteiger partial charge in [-0.25, -0.2) is 4.52 Å². The molecular weight excluding hydrogens is 422 g/mol. The molecule has 2 N–H and O–H groups in total. The van der Waals surface area contributed by atoms with E-state index in [2.05, 4.69) is 43.0 Å². The summed E-state index contributed by atoms with van der Waals surface area (Å²) in [5.74, 6) is 0. The maximum absolute atomic E-state index is 9.13. The summed E-state index contributed by atoms with van der Waals surface area (Å²) < 4.78 is 1.82. The number of anilines is 2. The molecule has 0 amide bonds. The van der Waals surface area contributed by atoms with E-state index in [1.807, 2.05) is 28.9 Å². The minimum atomic E-state index is 0.491. The van der Waals surface area contributed by atoms with Crippen molar-refractivity contribution >= 4 is 27.7 Å². The Hall–Kier alpha value is -3.55. The highest BCUT2D eigenvalue weighted by atomic mass is 32.1. The number of rotatable bonds is 5. The Morgan fingerprint density at radius 3 is 2.81 bits per heavy atom. The molecule has 0 radical (unpaired) electrons. The molecule has 0 aromatic carbocycles. The van der Waals surface area contributed by atoms with Crippen molar-refractivity contribution in [1.29, 1.82) is 5.26 Å². The maximum atomic E-state index is 9.13. The van der Waals surface area contributed by atoms with Crippen LogP contribution < -0.4 is 15.5 Å². The molecule has 1 saturated carbocycles. The Bertz CT molecular complexity index is 1320. The Labute approximate surface area is 188 Å². The fourth-order valence-corrected chi connectivity index (χ4v) is 4.82. The first-order valence-electron chi connectivity index (χ1n) is 10.7. The lowest BCUT2D eigenvalue weighted by Crippen LogP contribution is -2.43. The molecule has 2 aliphatic rings. The quantitative estimate of drug-likeness (QED) is 0.485. The van der Waals surface area contributed by atoms with Crippen LogP contribution in [0.25, 0.3) is 27.5 Å². The molecule has 0 spiro atoms. The first-order chi connectivity index (χ1) is 15.8. The van der Waals surface area contributed by atoms with Crippen LogP contribution in [0.2, 0.25) is 0 Å². The lowest BCUT2D eigenvalue weighted by atomic mass is 10.2. The van der Waals surface area contributed by atoms with Gasteiger partial charge < -0.3 is 15.5 Å². The monoisotopic (exact) mass is 443 g/mol. The van der Waals surface area contributed by atoms with Gasteiger partial charge in [0.1, 0.15) is 6.07 Å². The standard InChI is InChI=1S/C22H21N9S/c23-11-14-9-16-3-4-20(31(16)26-12-14)19-10-18(27-15-1-2-15)17(13-25-19)21-28-29-22(32-21)30-7-5-24-6-8-30/h3-4,9-10,12-13,15,24H,1-2,5-8H2,(H,25,27). The van der Waals surface area contributed by atoms with Gasteiger partial charge in [0.05, 0.1) is 34.2 Å². The predicted octanol–water partition coefficient (Wildman–Crippen LogP) is 2.77. The molecule has 4 aromatic heterocycles. The second kappa shape index (κ2) is 7.85. The second-order valence-electron chi connectivity index (χ2n) is 8.07. The van der Waals surface area contributed by atoms with E-state index >= 15 is 0 Å². The number of pyridine rings is 1. The number of aromatic nitrogens is 5. The van der Waals surface area contributed by atoms with Gasteiger partial charge >= 0.3 is 0 Å². The molecule has 1 aliphatic carbocycles. The molecule has 5 heterocycles. The van der Waals surface area contributed by atoms with Gasteiger partial charge in [-0.1, -0.05) is 11.3 Å². The van der Waals surface area contributed by atoms with E-state index in [1.54, 1.807) is 17.5 Å². The second-order valence-corrected chi connectivity index (χ2v) is 9.03. The summed E-state index contributed by atoms with van der Waals surface area (Å²) in [6.07, 6.45) is 5.80. The van der Waals surface area contributed by atoms with Crippen LogP contribution in [0.1, 0.15) is 18.4 Å².